The molecule has 47 valence electrons. The molecule has 0 bridgehead atoms. The van der Waals surface area contributed by atoms with E-state index < -0.39 is 0 Å². The Balaban J connectivity index is 2.13. The highest BCUT2D eigenvalue weighted by atomic mass is 16.5. The lowest BCUT2D eigenvalue weighted by Gasteiger charge is -2.24. The number of likely N-dealkylation sites (N-methyl/N-ethyl adjacent to an activating group) is 1. The first-order chi connectivity index (χ1) is 3.93. The molecule has 0 saturated carbocycles. The molecule has 0 aromatic rings. The Morgan fingerprint density at radius 1 is 1.75 bits per heavy atom. The van der Waals surface area contributed by atoms with E-state index in [0.29, 0.717) is 0 Å². The Bertz CT molecular complexity index is 59.5. The quantitative estimate of drug-likeness (QED) is 0.492. The zero-order chi connectivity index (χ0) is 5.82. The van der Waals surface area contributed by atoms with Crippen LogP contribution >= 0.6 is 0 Å². The predicted octanol–water partition coefficient (Wildman–Crippen LogP) is 0.500. The highest BCUT2D eigenvalue weighted by Gasteiger charge is 2.06. The van der Waals surface area contributed by atoms with Gasteiger partial charge in [-0.15, -0.1) is 0 Å². The number of ether oxygens (including phenoxy) is 1. The standard InChI is InChI=1S/C6H12NO/c1-2-7-3-5-8-6-4-7/h5H,2-4,6H2,1H3. The lowest BCUT2D eigenvalue weighted by atomic mass is 10.4. The van der Waals surface area contributed by atoms with E-state index in [9.17, 15) is 0 Å². The topological polar surface area (TPSA) is 12.5 Å². The molecule has 8 heavy (non-hydrogen) atoms. The summed E-state index contributed by atoms with van der Waals surface area (Å²) in [6.45, 7) is 8.13. The van der Waals surface area contributed by atoms with E-state index in [-0.39, 0.29) is 0 Å². The highest BCUT2D eigenvalue weighted by molar-refractivity contribution is 4.66. The monoisotopic (exact) mass is 114 g/mol. The van der Waals surface area contributed by atoms with Crippen molar-refractivity contribution in [2.75, 3.05) is 26.2 Å². The van der Waals surface area contributed by atoms with Gasteiger partial charge in [0.15, 0.2) is 0 Å². The summed E-state index contributed by atoms with van der Waals surface area (Å²) in [5.41, 5.74) is 0. The van der Waals surface area contributed by atoms with Crippen LogP contribution in [0.25, 0.3) is 0 Å². The first-order valence-electron chi connectivity index (χ1n) is 3.09. The minimum atomic E-state index is 0.869. The molecule has 1 fully saturated rings. The van der Waals surface area contributed by atoms with Crippen LogP contribution in [0, 0.1) is 6.61 Å². The fourth-order valence-corrected chi connectivity index (χ4v) is 0.802. The van der Waals surface area contributed by atoms with Crippen LogP contribution in [-0.2, 0) is 4.74 Å². The average Bonchev–Trinajstić information content (AvgIpc) is 1.90. The van der Waals surface area contributed by atoms with Crippen molar-refractivity contribution in [3.05, 3.63) is 6.61 Å². The first-order valence-corrected chi connectivity index (χ1v) is 3.09. The van der Waals surface area contributed by atoms with Gasteiger partial charge in [0.25, 0.3) is 0 Å². The molecular weight excluding hydrogens is 102 g/mol. The van der Waals surface area contributed by atoms with Crippen molar-refractivity contribution in [1.29, 1.82) is 0 Å². The lowest BCUT2D eigenvalue weighted by Crippen LogP contribution is -2.33. The summed E-state index contributed by atoms with van der Waals surface area (Å²) in [7, 11) is 0. The molecule has 1 aliphatic rings. The van der Waals surface area contributed by atoms with Crippen LogP contribution in [0.15, 0.2) is 0 Å². The van der Waals surface area contributed by atoms with Crippen molar-refractivity contribution in [2.45, 2.75) is 6.92 Å². The third-order valence-electron chi connectivity index (χ3n) is 1.42. The van der Waals surface area contributed by atoms with Gasteiger partial charge < -0.3 is 4.74 Å². The summed E-state index contributed by atoms with van der Waals surface area (Å²) in [5.74, 6) is 0. The molecule has 1 rings (SSSR count). The number of rotatable bonds is 1. The SMILES string of the molecule is CCN1C[CH]OCC1. The Labute approximate surface area is 50.4 Å². The second-order valence-corrected chi connectivity index (χ2v) is 1.93. The Morgan fingerprint density at radius 3 is 3.00 bits per heavy atom. The Morgan fingerprint density at radius 2 is 2.62 bits per heavy atom. The minimum Gasteiger partial charge on any atom is -0.373 e. The molecule has 0 N–H and O–H groups in total. The fraction of sp³-hybridized carbons (Fsp3) is 0.833. The van der Waals surface area contributed by atoms with Gasteiger partial charge >= 0.3 is 0 Å². The molecular formula is C6H12NO. The smallest absolute Gasteiger partial charge is 0.0976 e. The van der Waals surface area contributed by atoms with E-state index in [1.165, 1.54) is 0 Å². The maximum atomic E-state index is 5.03. The van der Waals surface area contributed by atoms with E-state index in [1.54, 1.807) is 0 Å². The summed E-state index contributed by atoms with van der Waals surface area (Å²) in [5, 5.41) is 0. The molecule has 0 amide bonds. The van der Waals surface area contributed by atoms with E-state index in [0.717, 1.165) is 26.2 Å². The van der Waals surface area contributed by atoms with Crippen molar-refractivity contribution in [3.8, 4) is 0 Å². The summed E-state index contributed by atoms with van der Waals surface area (Å²) in [4.78, 5) is 2.34. The summed E-state index contributed by atoms with van der Waals surface area (Å²) < 4.78 is 5.03. The van der Waals surface area contributed by atoms with Crippen molar-refractivity contribution in [1.82, 2.24) is 4.90 Å². The van der Waals surface area contributed by atoms with Crippen LogP contribution in [0.1, 0.15) is 6.92 Å². The third kappa shape index (κ3) is 1.46. The highest BCUT2D eigenvalue weighted by Crippen LogP contribution is 1.97. The molecule has 0 aromatic heterocycles. The number of hydrogen-bond donors (Lipinski definition) is 0. The molecule has 2 nitrogen and oxygen atoms in total. The summed E-state index contributed by atoms with van der Waals surface area (Å²) >= 11 is 0. The van der Waals surface area contributed by atoms with Crippen LogP contribution in [-0.4, -0.2) is 31.1 Å². The van der Waals surface area contributed by atoms with Crippen molar-refractivity contribution < 1.29 is 4.74 Å². The number of morpholine rings is 1. The molecule has 0 unspecified atom stereocenters. The molecule has 0 aromatic carbocycles. The van der Waals surface area contributed by atoms with Crippen LogP contribution in [0.2, 0.25) is 0 Å². The summed E-state index contributed by atoms with van der Waals surface area (Å²) in [6, 6.07) is 0. The van der Waals surface area contributed by atoms with E-state index >= 15 is 0 Å². The Kier molecular flexibility index (Phi) is 2.30. The van der Waals surface area contributed by atoms with Crippen LogP contribution in [0.3, 0.4) is 0 Å². The van der Waals surface area contributed by atoms with Gasteiger partial charge in [-0.2, -0.15) is 0 Å². The zero-order valence-corrected chi connectivity index (χ0v) is 5.26. The molecule has 1 aliphatic heterocycles. The molecule has 1 heterocycles. The maximum Gasteiger partial charge on any atom is 0.0976 e. The van der Waals surface area contributed by atoms with Crippen LogP contribution in [0.5, 0.6) is 0 Å². The second kappa shape index (κ2) is 3.05. The van der Waals surface area contributed by atoms with Gasteiger partial charge in [0.2, 0.25) is 0 Å². The molecule has 0 spiro atoms. The zero-order valence-electron chi connectivity index (χ0n) is 5.26. The largest absolute Gasteiger partial charge is 0.373 e. The predicted molar refractivity (Wildman–Crippen MR) is 32.4 cm³/mol. The first kappa shape index (κ1) is 6.05. The third-order valence-corrected chi connectivity index (χ3v) is 1.42. The van der Waals surface area contributed by atoms with E-state index in [2.05, 4.69) is 11.8 Å². The normalized spacial score (nSPS) is 23.6. The molecule has 0 aliphatic carbocycles. The molecule has 2 heteroatoms. The minimum absolute atomic E-state index is 0.869. The second-order valence-electron chi connectivity index (χ2n) is 1.93. The van der Waals surface area contributed by atoms with Gasteiger partial charge in [-0.05, 0) is 6.54 Å². The van der Waals surface area contributed by atoms with Crippen molar-refractivity contribution in [3.63, 3.8) is 0 Å². The number of nitrogens with zero attached hydrogens (tertiary/aromatic N) is 1. The van der Waals surface area contributed by atoms with Gasteiger partial charge in [0.1, 0.15) is 0 Å². The van der Waals surface area contributed by atoms with Crippen molar-refractivity contribution in [2.24, 2.45) is 0 Å². The van der Waals surface area contributed by atoms with Gasteiger partial charge in [-0.25, -0.2) is 0 Å². The fourth-order valence-electron chi connectivity index (χ4n) is 0.802. The Hall–Kier alpha value is -0.0800. The lowest BCUT2D eigenvalue weighted by molar-refractivity contribution is 0.0887. The summed E-state index contributed by atoms with van der Waals surface area (Å²) in [6.07, 6.45) is 0. The van der Waals surface area contributed by atoms with Gasteiger partial charge in [0, 0.05) is 13.1 Å². The van der Waals surface area contributed by atoms with Crippen molar-refractivity contribution >= 4 is 0 Å². The van der Waals surface area contributed by atoms with Gasteiger partial charge in [0.05, 0.1) is 13.2 Å². The van der Waals surface area contributed by atoms with Gasteiger partial charge in [-0.1, -0.05) is 6.92 Å². The molecule has 0 atom stereocenters. The number of hydrogen-bond acceptors (Lipinski definition) is 2. The molecule has 1 radical (unpaired) electrons. The average molecular weight is 114 g/mol. The van der Waals surface area contributed by atoms with Crippen LogP contribution in [0.4, 0.5) is 0 Å². The van der Waals surface area contributed by atoms with Crippen LogP contribution < -0.4 is 0 Å². The van der Waals surface area contributed by atoms with E-state index in [4.69, 9.17) is 4.74 Å². The van der Waals surface area contributed by atoms with Gasteiger partial charge in [-0.3, -0.25) is 4.90 Å². The maximum absolute atomic E-state index is 5.03. The molecule has 1 saturated heterocycles. The van der Waals surface area contributed by atoms with E-state index in [1.807, 2.05) is 6.61 Å².